The summed E-state index contributed by atoms with van der Waals surface area (Å²) < 4.78 is 10.6. The topological polar surface area (TPSA) is 57.4 Å². The Hall–Kier alpha value is -2.07. The van der Waals surface area contributed by atoms with Gasteiger partial charge >= 0.3 is 0 Å². The van der Waals surface area contributed by atoms with Crippen molar-refractivity contribution in [3.63, 3.8) is 0 Å². The number of nitrogens with two attached hydrogens (primary N) is 1. The van der Waals surface area contributed by atoms with Gasteiger partial charge < -0.3 is 15.2 Å². The molecule has 2 aromatic rings. The van der Waals surface area contributed by atoms with E-state index in [0.29, 0.717) is 6.54 Å². The van der Waals surface area contributed by atoms with E-state index in [-0.39, 0.29) is 6.79 Å². The van der Waals surface area contributed by atoms with Crippen molar-refractivity contribution in [1.82, 2.24) is 4.98 Å². The van der Waals surface area contributed by atoms with Crippen molar-refractivity contribution in [2.75, 3.05) is 6.79 Å². The zero-order valence-electron chi connectivity index (χ0n) is 9.22. The van der Waals surface area contributed by atoms with Crippen LogP contribution in [0.15, 0.2) is 36.5 Å². The first-order chi connectivity index (χ1) is 8.38. The second-order valence-corrected chi connectivity index (χ2v) is 3.77. The lowest BCUT2D eigenvalue weighted by atomic mass is 10.0. The molecule has 0 saturated heterocycles. The minimum atomic E-state index is 0.287. The lowest BCUT2D eigenvalue weighted by Crippen LogP contribution is -2.01. The fourth-order valence-electron chi connectivity index (χ4n) is 1.93. The summed E-state index contributed by atoms with van der Waals surface area (Å²) in [4.78, 5) is 4.27. The molecule has 1 aromatic carbocycles. The molecule has 0 fully saturated rings. The van der Waals surface area contributed by atoms with Crippen LogP contribution in [0.2, 0.25) is 0 Å². The third-order valence-electron chi connectivity index (χ3n) is 2.77. The Bertz CT molecular complexity index is 555. The summed E-state index contributed by atoms with van der Waals surface area (Å²) in [6.07, 6.45) is 1.75. The van der Waals surface area contributed by atoms with E-state index in [0.717, 1.165) is 28.3 Å². The van der Waals surface area contributed by atoms with Crippen LogP contribution in [0, 0.1) is 0 Å². The first kappa shape index (κ1) is 10.1. The zero-order chi connectivity index (χ0) is 11.7. The van der Waals surface area contributed by atoms with Crippen LogP contribution in [-0.2, 0) is 6.54 Å². The predicted molar refractivity (Wildman–Crippen MR) is 63.7 cm³/mol. The van der Waals surface area contributed by atoms with Crippen LogP contribution in [0.5, 0.6) is 11.5 Å². The first-order valence-electron chi connectivity index (χ1n) is 5.42. The van der Waals surface area contributed by atoms with E-state index < -0.39 is 0 Å². The van der Waals surface area contributed by atoms with Gasteiger partial charge in [-0.3, -0.25) is 4.98 Å². The molecule has 0 spiro atoms. The lowest BCUT2D eigenvalue weighted by Gasteiger charge is -2.07. The van der Waals surface area contributed by atoms with Crippen LogP contribution in [-0.4, -0.2) is 11.8 Å². The molecule has 2 N–H and O–H groups in total. The van der Waals surface area contributed by atoms with Crippen molar-refractivity contribution in [3.8, 4) is 22.6 Å². The molecule has 2 heterocycles. The quantitative estimate of drug-likeness (QED) is 0.853. The van der Waals surface area contributed by atoms with E-state index >= 15 is 0 Å². The van der Waals surface area contributed by atoms with Crippen LogP contribution in [0.25, 0.3) is 11.1 Å². The molecular weight excluding hydrogens is 216 g/mol. The number of fused-ring (bicyclic) bond motifs is 1. The molecule has 0 radical (unpaired) electrons. The number of ether oxygens (including phenoxy) is 2. The molecule has 17 heavy (non-hydrogen) atoms. The molecular formula is C13H12N2O2. The maximum atomic E-state index is 5.68. The van der Waals surface area contributed by atoms with Gasteiger partial charge in [-0.2, -0.15) is 0 Å². The predicted octanol–water partition coefficient (Wildman–Crippen LogP) is 1.94. The highest BCUT2D eigenvalue weighted by molar-refractivity contribution is 5.69. The van der Waals surface area contributed by atoms with Gasteiger partial charge in [-0.15, -0.1) is 0 Å². The fourth-order valence-corrected chi connectivity index (χ4v) is 1.93. The van der Waals surface area contributed by atoms with Crippen LogP contribution < -0.4 is 15.2 Å². The Kier molecular flexibility index (Phi) is 2.42. The van der Waals surface area contributed by atoms with Crippen LogP contribution >= 0.6 is 0 Å². The van der Waals surface area contributed by atoms with Gasteiger partial charge in [0, 0.05) is 18.3 Å². The average Bonchev–Trinajstić information content (AvgIpc) is 2.85. The molecule has 1 aliphatic heterocycles. The van der Waals surface area contributed by atoms with E-state index in [9.17, 15) is 0 Å². The molecule has 0 saturated carbocycles. The zero-order valence-corrected chi connectivity index (χ0v) is 9.22. The number of rotatable bonds is 2. The molecule has 4 nitrogen and oxygen atoms in total. The van der Waals surface area contributed by atoms with E-state index in [4.69, 9.17) is 15.2 Å². The van der Waals surface area contributed by atoms with Crippen molar-refractivity contribution in [2.24, 2.45) is 5.73 Å². The Morgan fingerprint density at radius 2 is 2.06 bits per heavy atom. The standard InChI is InChI=1S/C13H12N2O2/c14-7-11-10(2-1-5-15-11)9-3-4-12-13(6-9)17-8-16-12/h1-6H,7-8,14H2. The van der Waals surface area contributed by atoms with Gasteiger partial charge in [-0.05, 0) is 23.8 Å². The first-order valence-corrected chi connectivity index (χ1v) is 5.42. The van der Waals surface area contributed by atoms with Crippen molar-refractivity contribution >= 4 is 0 Å². The molecule has 1 aromatic heterocycles. The summed E-state index contributed by atoms with van der Waals surface area (Å²) in [7, 11) is 0. The molecule has 4 heteroatoms. The molecule has 0 aliphatic carbocycles. The van der Waals surface area contributed by atoms with Crippen molar-refractivity contribution in [1.29, 1.82) is 0 Å². The molecule has 1 aliphatic rings. The number of aromatic nitrogens is 1. The Morgan fingerprint density at radius 3 is 2.94 bits per heavy atom. The van der Waals surface area contributed by atoms with E-state index in [1.807, 2.05) is 30.3 Å². The molecule has 3 rings (SSSR count). The summed E-state index contributed by atoms with van der Waals surface area (Å²) in [5, 5.41) is 0. The van der Waals surface area contributed by atoms with Gasteiger partial charge in [0.25, 0.3) is 0 Å². The Morgan fingerprint density at radius 1 is 1.18 bits per heavy atom. The summed E-state index contributed by atoms with van der Waals surface area (Å²) in [6, 6.07) is 9.76. The van der Waals surface area contributed by atoms with Gasteiger partial charge in [0.2, 0.25) is 6.79 Å². The highest BCUT2D eigenvalue weighted by atomic mass is 16.7. The van der Waals surface area contributed by atoms with Gasteiger partial charge in [0.1, 0.15) is 0 Å². The maximum Gasteiger partial charge on any atom is 0.231 e. The number of pyridine rings is 1. The van der Waals surface area contributed by atoms with Gasteiger partial charge in [-0.25, -0.2) is 0 Å². The maximum absolute atomic E-state index is 5.68. The number of benzene rings is 1. The molecule has 86 valence electrons. The minimum Gasteiger partial charge on any atom is -0.454 e. The summed E-state index contributed by atoms with van der Waals surface area (Å²) in [5.41, 5.74) is 8.64. The second-order valence-electron chi connectivity index (χ2n) is 3.77. The fraction of sp³-hybridized carbons (Fsp3) is 0.154. The van der Waals surface area contributed by atoms with Crippen LogP contribution in [0.3, 0.4) is 0 Å². The SMILES string of the molecule is NCc1ncccc1-c1ccc2c(c1)OCO2. The minimum absolute atomic E-state index is 0.287. The van der Waals surface area contributed by atoms with Crippen molar-refractivity contribution < 1.29 is 9.47 Å². The van der Waals surface area contributed by atoms with Crippen LogP contribution in [0.4, 0.5) is 0 Å². The summed E-state index contributed by atoms with van der Waals surface area (Å²) in [5.74, 6) is 1.56. The highest BCUT2D eigenvalue weighted by Crippen LogP contribution is 2.36. The highest BCUT2D eigenvalue weighted by Gasteiger charge is 2.14. The normalized spacial score (nSPS) is 12.8. The molecule has 0 unspecified atom stereocenters. The van der Waals surface area contributed by atoms with E-state index in [2.05, 4.69) is 4.98 Å². The molecule has 0 bridgehead atoms. The third-order valence-corrected chi connectivity index (χ3v) is 2.77. The number of hydrogen-bond acceptors (Lipinski definition) is 4. The smallest absolute Gasteiger partial charge is 0.231 e. The second kappa shape index (κ2) is 4.07. The summed E-state index contributed by atoms with van der Waals surface area (Å²) in [6.45, 7) is 0.709. The van der Waals surface area contributed by atoms with Gasteiger partial charge in [0.05, 0.1) is 5.69 Å². The monoisotopic (exact) mass is 228 g/mol. The van der Waals surface area contributed by atoms with Gasteiger partial charge in [0.15, 0.2) is 11.5 Å². The third kappa shape index (κ3) is 1.72. The van der Waals surface area contributed by atoms with E-state index in [1.165, 1.54) is 0 Å². The van der Waals surface area contributed by atoms with Crippen molar-refractivity contribution in [3.05, 3.63) is 42.2 Å². The van der Waals surface area contributed by atoms with Crippen LogP contribution in [0.1, 0.15) is 5.69 Å². The molecule has 0 atom stereocenters. The number of nitrogens with zero attached hydrogens (tertiary/aromatic N) is 1. The lowest BCUT2D eigenvalue weighted by molar-refractivity contribution is 0.174. The molecule has 0 amide bonds. The average molecular weight is 228 g/mol. The van der Waals surface area contributed by atoms with Crippen molar-refractivity contribution in [2.45, 2.75) is 6.54 Å². The summed E-state index contributed by atoms with van der Waals surface area (Å²) >= 11 is 0. The largest absolute Gasteiger partial charge is 0.454 e. The number of hydrogen-bond donors (Lipinski definition) is 1. The Balaban J connectivity index is 2.09. The van der Waals surface area contributed by atoms with Gasteiger partial charge in [-0.1, -0.05) is 12.1 Å². The Labute approximate surface area is 99.0 Å². The van der Waals surface area contributed by atoms with E-state index in [1.54, 1.807) is 6.20 Å².